The van der Waals surface area contributed by atoms with Crippen LogP contribution in [0.15, 0.2) is 22.7 Å². The molecule has 0 radical (unpaired) electrons. The van der Waals surface area contributed by atoms with E-state index in [9.17, 15) is 0 Å². The van der Waals surface area contributed by atoms with Crippen molar-refractivity contribution in [1.29, 1.82) is 0 Å². The molecule has 3 nitrogen and oxygen atoms in total. The summed E-state index contributed by atoms with van der Waals surface area (Å²) in [5.41, 5.74) is 0. The Morgan fingerprint density at radius 2 is 2.28 bits per heavy atom. The molecule has 100 valence electrons. The van der Waals surface area contributed by atoms with Gasteiger partial charge in [0.05, 0.1) is 18.2 Å². The van der Waals surface area contributed by atoms with Gasteiger partial charge in [-0.15, -0.1) is 0 Å². The average Bonchev–Trinajstić information content (AvgIpc) is 2.42. The number of nitrogens with one attached hydrogen (secondary N) is 1. The van der Waals surface area contributed by atoms with Crippen LogP contribution in [0.2, 0.25) is 0 Å². The van der Waals surface area contributed by atoms with Gasteiger partial charge in [0.25, 0.3) is 0 Å². The molecule has 1 aliphatic heterocycles. The van der Waals surface area contributed by atoms with Crippen molar-refractivity contribution < 1.29 is 9.47 Å². The lowest BCUT2D eigenvalue weighted by Crippen LogP contribution is -2.35. The van der Waals surface area contributed by atoms with Crippen molar-refractivity contribution in [2.45, 2.75) is 31.7 Å². The highest BCUT2D eigenvalue weighted by Crippen LogP contribution is 2.29. The summed E-state index contributed by atoms with van der Waals surface area (Å²) in [6.45, 7) is 1.90. The van der Waals surface area contributed by atoms with Gasteiger partial charge < -0.3 is 14.8 Å². The van der Waals surface area contributed by atoms with Crippen LogP contribution in [-0.2, 0) is 0 Å². The fraction of sp³-hybridized carbons (Fsp3) is 0.571. The lowest BCUT2D eigenvalue weighted by atomic mass is 10.0. The Morgan fingerprint density at radius 1 is 1.39 bits per heavy atom. The zero-order chi connectivity index (χ0) is 12.8. The molecular weight excluding hydrogens is 294 g/mol. The van der Waals surface area contributed by atoms with Gasteiger partial charge in [-0.05, 0) is 59.9 Å². The summed E-state index contributed by atoms with van der Waals surface area (Å²) >= 11 is 3.49. The number of hydrogen-bond donors (Lipinski definition) is 1. The Balaban J connectivity index is 1.79. The molecular formula is C14H20BrNO2. The largest absolute Gasteiger partial charge is 0.497 e. The molecule has 1 aromatic carbocycles. The van der Waals surface area contributed by atoms with E-state index in [1.54, 1.807) is 7.11 Å². The number of halogens is 1. The van der Waals surface area contributed by atoms with Gasteiger partial charge >= 0.3 is 0 Å². The van der Waals surface area contributed by atoms with E-state index in [-0.39, 0.29) is 0 Å². The van der Waals surface area contributed by atoms with Crippen LogP contribution in [0.5, 0.6) is 11.5 Å². The molecule has 0 spiro atoms. The Labute approximate surface area is 117 Å². The van der Waals surface area contributed by atoms with Crippen LogP contribution in [0, 0.1) is 0 Å². The molecule has 1 unspecified atom stereocenters. The summed E-state index contributed by atoms with van der Waals surface area (Å²) < 4.78 is 11.9. The van der Waals surface area contributed by atoms with Crippen LogP contribution in [0.25, 0.3) is 0 Å². The lowest BCUT2D eigenvalue weighted by molar-refractivity contribution is 0.266. The highest BCUT2D eigenvalue weighted by atomic mass is 79.9. The van der Waals surface area contributed by atoms with Crippen molar-refractivity contribution in [2.24, 2.45) is 0 Å². The normalized spacial score (nSPS) is 19.6. The third kappa shape index (κ3) is 3.89. The van der Waals surface area contributed by atoms with Crippen molar-refractivity contribution in [3.63, 3.8) is 0 Å². The Morgan fingerprint density at radius 3 is 2.94 bits per heavy atom. The summed E-state index contributed by atoms with van der Waals surface area (Å²) in [6, 6.07) is 6.40. The maximum Gasteiger partial charge on any atom is 0.133 e. The number of ether oxygens (including phenoxy) is 2. The van der Waals surface area contributed by atoms with E-state index in [4.69, 9.17) is 9.47 Å². The Kier molecular flexibility index (Phi) is 5.32. The van der Waals surface area contributed by atoms with E-state index in [1.807, 2.05) is 18.2 Å². The van der Waals surface area contributed by atoms with Gasteiger partial charge in [0.15, 0.2) is 0 Å². The van der Waals surface area contributed by atoms with Crippen molar-refractivity contribution >= 4 is 15.9 Å². The smallest absolute Gasteiger partial charge is 0.133 e. The number of rotatable bonds is 5. The standard InChI is InChI=1S/C14H20BrNO2/c1-17-12-5-6-14(13(15)10-12)18-9-7-11-4-2-3-8-16-11/h5-6,10-11,16H,2-4,7-9H2,1H3. The third-order valence-electron chi connectivity index (χ3n) is 3.28. The minimum absolute atomic E-state index is 0.621. The first-order valence-corrected chi connectivity index (χ1v) is 7.28. The number of benzene rings is 1. The molecule has 0 bridgehead atoms. The quantitative estimate of drug-likeness (QED) is 0.904. The van der Waals surface area contributed by atoms with E-state index in [2.05, 4.69) is 21.2 Å². The van der Waals surface area contributed by atoms with Gasteiger partial charge in [0, 0.05) is 6.04 Å². The molecule has 1 fully saturated rings. The number of methoxy groups -OCH3 is 1. The maximum atomic E-state index is 5.80. The average molecular weight is 314 g/mol. The van der Waals surface area contributed by atoms with E-state index >= 15 is 0 Å². The molecule has 0 aromatic heterocycles. The van der Waals surface area contributed by atoms with Crippen molar-refractivity contribution in [3.05, 3.63) is 22.7 Å². The van der Waals surface area contributed by atoms with Crippen molar-refractivity contribution in [1.82, 2.24) is 5.32 Å². The van der Waals surface area contributed by atoms with Crippen LogP contribution in [0.1, 0.15) is 25.7 Å². The summed E-state index contributed by atoms with van der Waals surface area (Å²) in [5, 5.41) is 3.53. The minimum Gasteiger partial charge on any atom is -0.497 e. The van der Waals surface area contributed by atoms with E-state index in [0.717, 1.165) is 35.5 Å². The first kappa shape index (κ1) is 13.7. The second-order valence-corrected chi connectivity index (χ2v) is 5.43. The fourth-order valence-electron chi connectivity index (χ4n) is 2.21. The van der Waals surface area contributed by atoms with Gasteiger partial charge in [-0.2, -0.15) is 0 Å². The Hall–Kier alpha value is -0.740. The maximum absolute atomic E-state index is 5.80. The monoisotopic (exact) mass is 313 g/mol. The number of piperidine rings is 1. The first-order valence-electron chi connectivity index (χ1n) is 6.49. The summed E-state index contributed by atoms with van der Waals surface area (Å²) in [4.78, 5) is 0. The van der Waals surface area contributed by atoms with Crippen molar-refractivity contribution in [2.75, 3.05) is 20.3 Å². The summed E-state index contributed by atoms with van der Waals surface area (Å²) in [5.74, 6) is 1.72. The van der Waals surface area contributed by atoms with Gasteiger partial charge in [-0.3, -0.25) is 0 Å². The van der Waals surface area contributed by atoms with E-state index in [1.165, 1.54) is 19.3 Å². The summed E-state index contributed by atoms with van der Waals surface area (Å²) in [6.07, 6.45) is 4.98. The predicted molar refractivity (Wildman–Crippen MR) is 76.4 cm³/mol. The molecule has 1 aromatic rings. The van der Waals surface area contributed by atoms with E-state index < -0.39 is 0 Å². The molecule has 0 amide bonds. The zero-order valence-electron chi connectivity index (χ0n) is 10.7. The fourth-order valence-corrected chi connectivity index (χ4v) is 2.68. The highest BCUT2D eigenvalue weighted by molar-refractivity contribution is 9.10. The predicted octanol–water partition coefficient (Wildman–Crippen LogP) is 3.37. The molecule has 1 saturated heterocycles. The highest BCUT2D eigenvalue weighted by Gasteiger charge is 2.12. The Bertz CT molecular complexity index is 378. The SMILES string of the molecule is COc1ccc(OCCC2CCCCN2)c(Br)c1. The van der Waals surface area contributed by atoms with E-state index in [0.29, 0.717) is 6.04 Å². The van der Waals surface area contributed by atoms with Gasteiger partial charge in [-0.1, -0.05) is 6.42 Å². The molecule has 0 aliphatic carbocycles. The van der Waals surface area contributed by atoms with Crippen LogP contribution in [0.3, 0.4) is 0 Å². The second-order valence-electron chi connectivity index (χ2n) is 4.58. The zero-order valence-corrected chi connectivity index (χ0v) is 12.3. The van der Waals surface area contributed by atoms with Gasteiger partial charge in [-0.25, -0.2) is 0 Å². The molecule has 1 heterocycles. The minimum atomic E-state index is 0.621. The molecule has 18 heavy (non-hydrogen) atoms. The number of hydrogen-bond acceptors (Lipinski definition) is 3. The van der Waals surface area contributed by atoms with Crippen LogP contribution in [0.4, 0.5) is 0 Å². The van der Waals surface area contributed by atoms with Crippen LogP contribution >= 0.6 is 15.9 Å². The summed E-state index contributed by atoms with van der Waals surface area (Å²) in [7, 11) is 1.66. The van der Waals surface area contributed by atoms with Gasteiger partial charge in [0.1, 0.15) is 11.5 Å². The molecule has 1 N–H and O–H groups in total. The van der Waals surface area contributed by atoms with Crippen LogP contribution < -0.4 is 14.8 Å². The lowest BCUT2D eigenvalue weighted by Gasteiger charge is -2.23. The molecule has 1 aliphatic rings. The molecule has 2 rings (SSSR count). The topological polar surface area (TPSA) is 30.5 Å². The molecule has 1 atom stereocenters. The van der Waals surface area contributed by atoms with Crippen molar-refractivity contribution in [3.8, 4) is 11.5 Å². The van der Waals surface area contributed by atoms with Gasteiger partial charge in [0.2, 0.25) is 0 Å². The molecule has 0 saturated carbocycles. The molecule has 4 heteroatoms. The second kappa shape index (κ2) is 7.00. The first-order chi connectivity index (χ1) is 8.79. The third-order valence-corrected chi connectivity index (χ3v) is 3.90. The van der Waals surface area contributed by atoms with Crippen LogP contribution in [-0.4, -0.2) is 26.3 Å².